The first-order valence-electron chi connectivity index (χ1n) is 10.3. The van der Waals surface area contributed by atoms with E-state index in [1.54, 1.807) is 36.4 Å². The van der Waals surface area contributed by atoms with Crippen molar-refractivity contribution in [1.29, 1.82) is 0 Å². The lowest BCUT2D eigenvalue weighted by Gasteiger charge is -2.13. The van der Waals surface area contributed by atoms with E-state index < -0.39 is 0 Å². The van der Waals surface area contributed by atoms with Crippen LogP contribution in [0.4, 0.5) is 17.2 Å². The number of hydrogen-bond donors (Lipinski definition) is 3. The lowest BCUT2D eigenvalue weighted by molar-refractivity contribution is 0.102. The molecular formula is C25H24N4O4. The fourth-order valence-corrected chi connectivity index (χ4v) is 3.58. The Morgan fingerprint density at radius 3 is 2.58 bits per heavy atom. The molecule has 4 rings (SSSR count). The van der Waals surface area contributed by atoms with Gasteiger partial charge in [0.05, 0.1) is 10.9 Å². The van der Waals surface area contributed by atoms with Gasteiger partial charge in [0, 0.05) is 29.7 Å². The highest BCUT2D eigenvalue weighted by Crippen LogP contribution is 2.30. The number of pyridine rings is 1. The second-order valence-electron chi connectivity index (χ2n) is 7.81. The number of hydrogen-bond acceptors (Lipinski definition) is 7. The molecule has 0 spiro atoms. The molecule has 0 unspecified atom stereocenters. The van der Waals surface area contributed by atoms with Gasteiger partial charge in [0.1, 0.15) is 29.5 Å². The predicted molar refractivity (Wildman–Crippen MR) is 128 cm³/mol. The summed E-state index contributed by atoms with van der Waals surface area (Å²) in [4.78, 5) is 29.1. The summed E-state index contributed by atoms with van der Waals surface area (Å²) >= 11 is 0. The van der Waals surface area contributed by atoms with Crippen LogP contribution in [0.2, 0.25) is 0 Å². The molecule has 2 aromatic heterocycles. The maximum Gasteiger partial charge on any atom is 0.257 e. The third kappa shape index (κ3) is 4.36. The van der Waals surface area contributed by atoms with Gasteiger partial charge in [-0.05, 0) is 61.7 Å². The summed E-state index contributed by atoms with van der Waals surface area (Å²) in [6.45, 7) is 5.65. The van der Waals surface area contributed by atoms with Crippen LogP contribution >= 0.6 is 0 Å². The highest BCUT2D eigenvalue weighted by atomic mass is 16.5. The van der Waals surface area contributed by atoms with Crippen LogP contribution in [0.25, 0.3) is 11.0 Å². The minimum Gasteiger partial charge on any atom is -0.486 e. The highest BCUT2D eigenvalue weighted by Gasteiger charge is 2.16. The van der Waals surface area contributed by atoms with E-state index in [0.29, 0.717) is 50.8 Å². The number of aryl methyl sites for hydroxylation is 2. The zero-order valence-corrected chi connectivity index (χ0v) is 18.6. The first-order valence-corrected chi connectivity index (χ1v) is 10.3. The molecule has 2 heterocycles. The van der Waals surface area contributed by atoms with Crippen LogP contribution in [0.15, 0.2) is 57.9 Å². The number of carbonyl (C=O) groups excluding carboxylic acids is 1. The van der Waals surface area contributed by atoms with Gasteiger partial charge < -0.3 is 25.9 Å². The smallest absolute Gasteiger partial charge is 0.257 e. The number of fused-ring (bicyclic) bond motifs is 1. The minimum atomic E-state index is -0.319. The fraction of sp³-hybridized carbons (Fsp3) is 0.160. The molecule has 0 radical (unpaired) electrons. The number of anilines is 3. The summed E-state index contributed by atoms with van der Waals surface area (Å²) in [5.74, 6) is 0.917. The summed E-state index contributed by atoms with van der Waals surface area (Å²) in [5, 5.41) is 3.28. The predicted octanol–water partition coefficient (Wildman–Crippen LogP) is 4.11. The Hall–Kier alpha value is -4.33. The highest BCUT2D eigenvalue weighted by molar-refractivity contribution is 6.04. The molecule has 168 valence electrons. The second kappa shape index (κ2) is 8.66. The van der Waals surface area contributed by atoms with Gasteiger partial charge in [0.25, 0.3) is 5.91 Å². The molecule has 33 heavy (non-hydrogen) atoms. The zero-order valence-electron chi connectivity index (χ0n) is 18.6. The number of benzene rings is 2. The van der Waals surface area contributed by atoms with Crippen molar-refractivity contribution in [2.75, 3.05) is 16.8 Å². The van der Waals surface area contributed by atoms with E-state index in [-0.39, 0.29) is 17.9 Å². The van der Waals surface area contributed by atoms with Gasteiger partial charge >= 0.3 is 0 Å². The number of rotatable bonds is 5. The largest absolute Gasteiger partial charge is 0.486 e. The Bertz CT molecular complexity index is 1430. The van der Waals surface area contributed by atoms with Gasteiger partial charge in [-0.25, -0.2) is 4.98 Å². The molecule has 0 bridgehead atoms. The van der Waals surface area contributed by atoms with Crippen molar-refractivity contribution in [3.8, 4) is 5.75 Å². The summed E-state index contributed by atoms with van der Waals surface area (Å²) in [6.07, 6.45) is 1.41. The SMILES string of the molecule is Cc1c(N)c(C)c2c(=O)cc(COc3cccc(NC(=O)c4ccc(N)nc4)c3)oc2c1C. The average Bonchev–Trinajstić information content (AvgIpc) is 2.80. The fourth-order valence-electron chi connectivity index (χ4n) is 3.58. The number of carbonyl (C=O) groups is 1. The van der Waals surface area contributed by atoms with Gasteiger partial charge in [0.2, 0.25) is 0 Å². The third-order valence-electron chi connectivity index (χ3n) is 5.61. The van der Waals surface area contributed by atoms with Crippen LogP contribution in [0.3, 0.4) is 0 Å². The lowest BCUT2D eigenvalue weighted by Crippen LogP contribution is -2.12. The molecule has 2 aromatic carbocycles. The van der Waals surface area contributed by atoms with Gasteiger partial charge in [-0.15, -0.1) is 0 Å². The van der Waals surface area contributed by atoms with Crippen molar-refractivity contribution in [3.63, 3.8) is 0 Å². The van der Waals surface area contributed by atoms with Crippen molar-refractivity contribution in [1.82, 2.24) is 4.98 Å². The number of ether oxygens (including phenoxy) is 1. The third-order valence-corrected chi connectivity index (χ3v) is 5.61. The molecule has 8 heteroatoms. The normalized spacial score (nSPS) is 10.9. The number of nitrogens with zero attached hydrogens (tertiary/aromatic N) is 1. The van der Waals surface area contributed by atoms with E-state index in [1.165, 1.54) is 12.3 Å². The Kier molecular flexibility index (Phi) is 5.74. The Labute approximate surface area is 190 Å². The summed E-state index contributed by atoms with van der Waals surface area (Å²) < 4.78 is 11.8. The van der Waals surface area contributed by atoms with Crippen LogP contribution in [-0.4, -0.2) is 10.9 Å². The summed E-state index contributed by atoms with van der Waals surface area (Å²) in [5.41, 5.74) is 16.0. The van der Waals surface area contributed by atoms with Crippen molar-refractivity contribution >= 4 is 34.1 Å². The van der Waals surface area contributed by atoms with E-state index in [2.05, 4.69) is 10.3 Å². The van der Waals surface area contributed by atoms with E-state index in [0.717, 1.165) is 11.1 Å². The summed E-state index contributed by atoms with van der Waals surface area (Å²) in [6, 6.07) is 11.5. The second-order valence-corrected chi connectivity index (χ2v) is 7.81. The number of aromatic nitrogens is 1. The first-order chi connectivity index (χ1) is 15.7. The van der Waals surface area contributed by atoms with E-state index in [9.17, 15) is 9.59 Å². The van der Waals surface area contributed by atoms with Crippen LogP contribution < -0.4 is 26.9 Å². The van der Waals surface area contributed by atoms with E-state index in [4.69, 9.17) is 20.6 Å². The average molecular weight is 444 g/mol. The van der Waals surface area contributed by atoms with E-state index >= 15 is 0 Å². The molecule has 5 N–H and O–H groups in total. The van der Waals surface area contributed by atoms with Gasteiger partial charge in [-0.1, -0.05) is 6.07 Å². The first kappa shape index (κ1) is 21.9. The molecule has 0 aliphatic rings. The van der Waals surface area contributed by atoms with E-state index in [1.807, 2.05) is 20.8 Å². The molecule has 0 aliphatic carbocycles. The van der Waals surface area contributed by atoms with Crippen LogP contribution in [-0.2, 0) is 6.61 Å². The maximum atomic E-state index is 12.7. The topological polar surface area (TPSA) is 133 Å². The Balaban J connectivity index is 1.53. The molecule has 8 nitrogen and oxygen atoms in total. The summed E-state index contributed by atoms with van der Waals surface area (Å²) in [7, 11) is 0. The van der Waals surface area contributed by atoms with Gasteiger partial charge in [-0.3, -0.25) is 9.59 Å². The lowest BCUT2D eigenvalue weighted by atomic mass is 9.98. The van der Waals surface area contributed by atoms with Crippen molar-refractivity contribution in [2.45, 2.75) is 27.4 Å². The molecule has 0 saturated heterocycles. The zero-order chi connectivity index (χ0) is 23.7. The van der Waals surface area contributed by atoms with Crippen LogP contribution in [0.5, 0.6) is 5.75 Å². The van der Waals surface area contributed by atoms with Crippen molar-refractivity contribution < 1.29 is 13.9 Å². The van der Waals surface area contributed by atoms with Crippen LogP contribution in [0.1, 0.15) is 32.8 Å². The minimum absolute atomic E-state index is 0.0480. The standard InChI is InChI=1S/C25H24N4O4/c1-13-14(2)24-22(15(3)23(13)27)20(30)10-19(33-24)12-32-18-6-4-5-17(9-18)29-25(31)16-7-8-21(26)28-11-16/h4-11H,12,27H2,1-3H3,(H2,26,28)(H,29,31). The number of nitrogens with one attached hydrogen (secondary N) is 1. The molecule has 0 atom stereocenters. The Morgan fingerprint density at radius 1 is 1.06 bits per heavy atom. The molecule has 1 amide bonds. The molecule has 0 aliphatic heterocycles. The quantitative estimate of drug-likeness (QED) is 0.394. The van der Waals surface area contributed by atoms with Crippen molar-refractivity contribution in [2.24, 2.45) is 0 Å². The van der Waals surface area contributed by atoms with Crippen molar-refractivity contribution in [3.05, 3.63) is 86.9 Å². The number of nitrogens with two attached hydrogens (primary N) is 2. The van der Waals surface area contributed by atoms with Gasteiger partial charge in [0.15, 0.2) is 5.43 Å². The molecule has 4 aromatic rings. The van der Waals surface area contributed by atoms with Gasteiger partial charge in [-0.2, -0.15) is 0 Å². The maximum absolute atomic E-state index is 12.7. The molecule has 0 fully saturated rings. The number of amides is 1. The molecular weight excluding hydrogens is 420 g/mol. The van der Waals surface area contributed by atoms with Crippen LogP contribution in [0, 0.1) is 20.8 Å². The molecule has 0 saturated carbocycles. The number of nitrogen functional groups attached to an aromatic ring is 2. The monoisotopic (exact) mass is 444 g/mol. The Morgan fingerprint density at radius 2 is 1.85 bits per heavy atom.